The second-order valence-electron chi connectivity index (χ2n) is 4.73. The van der Waals surface area contributed by atoms with Gasteiger partial charge >= 0.3 is 0 Å². The topological polar surface area (TPSA) is 53.1 Å². The Bertz CT molecular complexity index is 521. The lowest BCUT2D eigenvalue weighted by atomic mass is 10.1. The van der Waals surface area contributed by atoms with Gasteiger partial charge in [-0.3, -0.25) is 4.68 Å². The number of hydrogen-bond acceptors (Lipinski definition) is 3. The average molecular weight is 261 g/mol. The Morgan fingerprint density at radius 1 is 1.32 bits per heavy atom. The van der Waals surface area contributed by atoms with Crippen LogP contribution in [0.25, 0.3) is 10.9 Å². The Morgan fingerprint density at radius 3 is 2.84 bits per heavy atom. The van der Waals surface area contributed by atoms with Crippen LogP contribution in [-0.2, 0) is 17.7 Å². The summed E-state index contributed by atoms with van der Waals surface area (Å²) in [5, 5.41) is 5.89. The average Bonchev–Trinajstić information content (AvgIpc) is 2.77. The Hall–Kier alpha value is -1.39. The van der Waals surface area contributed by atoms with Crippen LogP contribution in [0.3, 0.4) is 0 Å². The molecule has 104 valence electrons. The van der Waals surface area contributed by atoms with Gasteiger partial charge in [-0.1, -0.05) is 18.2 Å². The summed E-state index contributed by atoms with van der Waals surface area (Å²) >= 11 is 0. The van der Waals surface area contributed by atoms with Gasteiger partial charge < -0.3 is 10.5 Å². The summed E-state index contributed by atoms with van der Waals surface area (Å²) in [5.41, 5.74) is 8.45. The Balaban J connectivity index is 2.12. The van der Waals surface area contributed by atoms with Crippen molar-refractivity contribution in [2.45, 2.75) is 39.3 Å². The van der Waals surface area contributed by atoms with Gasteiger partial charge in [-0.15, -0.1) is 0 Å². The minimum absolute atomic E-state index is 0.107. The molecule has 0 aliphatic heterocycles. The number of aromatic nitrogens is 2. The lowest BCUT2D eigenvalue weighted by Gasteiger charge is -2.09. The van der Waals surface area contributed by atoms with Crippen molar-refractivity contribution in [2.24, 2.45) is 5.73 Å². The summed E-state index contributed by atoms with van der Waals surface area (Å²) in [6, 6.07) is 8.45. The summed E-state index contributed by atoms with van der Waals surface area (Å²) < 4.78 is 7.39. The van der Waals surface area contributed by atoms with Gasteiger partial charge in [0.2, 0.25) is 0 Å². The summed E-state index contributed by atoms with van der Waals surface area (Å²) in [5.74, 6) is 0. The van der Waals surface area contributed by atoms with E-state index in [1.807, 2.05) is 11.6 Å². The highest BCUT2D eigenvalue weighted by Crippen LogP contribution is 2.19. The maximum atomic E-state index is 6.16. The number of benzene rings is 1. The van der Waals surface area contributed by atoms with Crippen LogP contribution in [0.1, 0.15) is 26.0 Å². The van der Waals surface area contributed by atoms with Crippen LogP contribution in [0.15, 0.2) is 24.3 Å². The van der Waals surface area contributed by atoms with E-state index in [1.165, 1.54) is 10.9 Å². The highest BCUT2D eigenvalue weighted by molar-refractivity contribution is 5.82. The number of hydrogen-bond donors (Lipinski definition) is 1. The fourth-order valence-electron chi connectivity index (χ4n) is 2.32. The summed E-state index contributed by atoms with van der Waals surface area (Å²) in [6.45, 7) is 6.47. The fourth-order valence-corrected chi connectivity index (χ4v) is 2.32. The molecule has 0 bridgehead atoms. The van der Waals surface area contributed by atoms with Gasteiger partial charge in [-0.25, -0.2) is 0 Å². The third-order valence-electron chi connectivity index (χ3n) is 3.33. The first-order valence-electron chi connectivity index (χ1n) is 7.04. The van der Waals surface area contributed by atoms with Crippen molar-refractivity contribution in [3.8, 4) is 0 Å². The van der Waals surface area contributed by atoms with Crippen molar-refractivity contribution in [3.05, 3.63) is 30.0 Å². The Kier molecular flexibility index (Phi) is 4.93. The van der Waals surface area contributed by atoms with Crippen molar-refractivity contribution >= 4 is 10.9 Å². The Morgan fingerprint density at radius 2 is 2.11 bits per heavy atom. The maximum absolute atomic E-state index is 6.16. The monoisotopic (exact) mass is 261 g/mol. The predicted molar refractivity (Wildman–Crippen MR) is 78.2 cm³/mol. The molecule has 0 aliphatic carbocycles. The van der Waals surface area contributed by atoms with E-state index in [9.17, 15) is 0 Å². The van der Waals surface area contributed by atoms with Crippen LogP contribution in [0.5, 0.6) is 0 Å². The van der Waals surface area contributed by atoms with E-state index < -0.39 is 0 Å². The van der Waals surface area contributed by atoms with E-state index in [0.29, 0.717) is 0 Å². The molecule has 0 saturated heterocycles. The highest BCUT2D eigenvalue weighted by atomic mass is 16.5. The molecule has 4 heteroatoms. The molecule has 4 nitrogen and oxygen atoms in total. The third kappa shape index (κ3) is 3.33. The van der Waals surface area contributed by atoms with Crippen molar-refractivity contribution in [2.75, 3.05) is 13.2 Å². The second kappa shape index (κ2) is 6.68. The normalized spacial score (nSPS) is 13.0. The summed E-state index contributed by atoms with van der Waals surface area (Å²) in [7, 11) is 0. The first-order valence-corrected chi connectivity index (χ1v) is 7.04. The maximum Gasteiger partial charge on any atom is 0.0718 e. The van der Waals surface area contributed by atoms with Gasteiger partial charge in [0.15, 0.2) is 0 Å². The highest BCUT2D eigenvalue weighted by Gasteiger charge is 2.12. The third-order valence-corrected chi connectivity index (χ3v) is 3.33. The molecule has 19 heavy (non-hydrogen) atoms. The number of rotatable bonds is 7. The standard InChI is InChI=1S/C15H23N3O/c1-3-18-15-8-6-5-7-13(15)14(17-18)11-12(16)9-10-19-4-2/h5-8,12H,3-4,9-11,16H2,1-2H3. The molecule has 0 spiro atoms. The molecule has 1 aromatic carbocycles. The van der Waals surface area contributed by atoms with Crippen molar-refractivity contribution in [1.82, 2.24) is 9.78 Å². The zero-order valence-corrected chi connectivity index (χ0v) is 11.8. The molecule has 2 N–H and O–H groups in total. The minimum Gasteiger partial charge on any atom is -0.382 e. The van der Waals surface area contributed by atoms with Gasteiger partial charge in [-0.05, 0) is 26.3 Å². The van der Waals surface area contributed by atoms with E-state index in [1.54, 1.807) is 0 Å². The second-order valence-corrected chi connectivity index (χ2v) is 4.73. The molecule has 0 radical (unpaired) electrons. The molecule has 1 atom stereocenters. The molecule has 0 amide bonds. The first kappa shape index (κ1) is 14.0. The zero-order chi connectivity index (χ0) is 13.7. The Labute approximate surface area is 114 Å². The SMILES string of the molecule is CCOCCC(N)Cc1nn(CC)c2ccccc12. The predicted octanol–water partition coefficient (Wildman–Crippen LogP) is 2.35. The lowest BCUT2D eigenvalue weighted by Crippen LogP contribution is -2.25. The number of ether oxygens (including phenoxy) is 1. The van der Waals surface area contributed by atoms with Crippen molar-refractivity contribution in [1.29, 1.82) is 0 Å². The van der Waals surface area contributed by atoms with Gasteiger partial charge in [0.05, 0.1) is 11.2 Å². The van der Waals surface area contributed by atoms with Crippen LogP contribution < -0.4 is 5.73 Å². The molecule has 1 aromatic heterocycles. The van der Waals surface area contributed by atoms with Crippen LogP contribution in [-0.4, -0.2) is 29.0 Å². The molecule has 0 aliphatic rings. The van der Waals surface area contributed by atoms with E-state index in [4.69, 9.17) is 10.5 Å². The number of nitrogens with two attached hydrogens (primary N) is 1. The van der Waals surface area contributed by atoms with Gasteiger partial charge in [0.25, 0.3) is 0 Å². The number of nitrogens with zero attached hydrogens (tertiary/aromatic N) is 2. The van der Waals surface area contributed by atoms with E-state index >= 15 is 0 Å². The lowest BCUT2D eigenvalue weighted by molar-refractivity contribution is 0.140. The molecule has 0 saturated carbocycles. The van der Waals surface area contributed by atoms with Crippen LogP contribution in [0.4, 0.5) is 0 Å². The van der Waals surface area contributed by atoms with Crippen molar-refractivity contribution in [3.63, 3.8) is 0 Å². The zero-order valence-electron chi connectivity index (χ0n) is 11.8. The van der Waals surface area contributed by atoms with Crippen LogP contribution in [0.2, 0.25) is 0 Å². The molecular formula is C15H23N3O. The summed E-state index contributed by atoms with van der Waals surface area (Å²) in [6.07, 6.45) is 1.68. The van der Waals surface area contributed by atoms with Gasteiger partial charge in [0, 0.05) is 37.6 Å². The van der Waals surface area contributed by atoms with E-state index in [-0.39, 0.29) is 6.04 Å². The molecule has 2 aromatic rings. The number of fused-ring (bicyclic) bond motifs is 1. The van der Waals surface area contributed by atoms with Gasteiger partial charge in [0.1, 0.15) is 0 Å². The molecule has 0 fully saturated rings. The largest absolute Gasteiger partial charge is 0.382 e. The van der Waals surface area contributed by atoms with Gasteiger partial charge in [-0.2, -0.15) is 5.10 Å². The van der Waals surface area contributed by atoms with Crippen molar-refractivity contribution < 1.29 is 4.74 Å². The smallest absolute Gasteiger partial charge is 0.0718 e. The minimum atomic E-state index is 0.107. The molecular weight excluding hydrogens is 238 g/mol. The molecule has 1 unspecified atom stereocenters. The quantitative estimate of drug-likeness (QED) is 0.778. The van der Waals surface area contributed by atoms with Crippen LogP contribution >= 0.6 is 0 Å². The van der Waals surface area contributed by atoms with E-state index in [0.717, 1.165) is 38.3 Å². The van der Waals surface area contributed by atoms with Crippen LogP contribution in [0, 0.1) is 0 Å². The molecule has 1 heterocycles. The number of aryl methyl sites for hydroxylation is 1. The fraction of sp³-hybridized carbons (Fsp3) is 0.533. The first-order chi connectivity index (χ1) is 9.26. The van der Waals surface area contributed by atoms with E-state index in [2.05, 4.69) is 36.3 Å². The number of para-hydroxylation sites is 1. The summed E-state index contributed by atoms with van der Waals surface area (Å²) in [4.78, 5) is 0. The molecule has 2 rings (SSSR count).